The monoisotopic (exact) mass is 413 g/mol. The number of aryl methyl sites for hydroxylation is 1. The Balaban J connectivity index is 1.76. The van der Waals surface area contributed by atoms with E-state index in [0.29, 0.717) is 44.0 Å². The number of amides is 2. The fraction of sp³-hybridized carbons (Fsp3) is 0.391. The Morgan fingerprint density at radius 2 is 1.67 bits per heavy atom. The molecule has 3 rings (SSSR count). The second kappa shape index (κ2) is 8.93. The third kappa shape index (κ3) is 5.23. The summed E-state index contributed by atoms with van der Waals surface area (Å²) in [7, 11) is 0. The minimum atomic E-state index is -0.785. The molecular formula is C23H28FN3O3. The summed E-state index contributed by atoms with van der Waals surface area (Å²) in [5, 5.41) is 12.7. The molecule has 30 heavy (non-hydrogen) atoms. The summed E-state index contributed by atoms with van der Waals surface area (Å²) < 4.78 is 14.0. The topological polar surface area (TPSA) is 72.9 Å². The molecule has 0 atom stereocenters. The number of hydrogen-bond acceptors (Lipinski definition) is 4. The lowest BCUT2D eigenvalue weighted by atomic mass is 10.0. The maximum absolute atomic E-state index is 14.0. The second-order valence-electron chi connectivity index (χ2n) is 8.31. The van der Waals surface area contributed by atoms with Crippen LogP contribution in [0.1, 0.15) is 40.1 Å². The van der Waals surface area contributed by atoms with Crippen molar-refractivity contribution in [1.29, 1.82) is 0 Å². The van der Waals surface area contributed by atoms with Crippen LogP contribution in [0.2, 0.25) is 0 Å². The van der Waals surface area contributed by atoms with Crippen molar-refractivity contribution in [2.75, 3.05) is 38.0 Å². The van der Waals surface area contributed by atoms with Gasteiger partial charge in [0.05, 0.1) is 22.4 Å². The molecule has 0 aromatic heterocycles. The summed E-state index contributed by atoms with van der Waals surface area (Å²) in [4.78, 5) is 29.7. The highest BCUT2D eigenvalue weighted by atomic mass is 19.1. The number of halogens is 1. The average Bonchev–Trinajstić information content (AvgIpc) is 2.68. The second-order valence-corrected chi connectivity index (χ2v) is 8.31. The fourth-order valence-electron chi connectivity index (χ4n) is 3.66. The molecule has 2 amide bonds. The smallest absolute Gasteiger partial charge is 0.258 e. The molecule has 2 aromatic rings. The molecule has 0 bridgehead atoms. The van der Waals surface area contributed by atoms with E-state index in [9.17, 15) is 19.1 Å². The minimum Gasteiger partial charge on any atom is -0.389 e. The van der Waals surface area contributed by atoms with Crippen molar-refractivity contribution >= 4 is 17.5 Å². The van der Waals surface area contributed by atoms with Crippen molar-refractivity contribution in [1.82, 2.24) is 9.80 Å². The normalized spacial score (nSPS) is 15.2. The number of β-amino-alcohol motifs (C(OH)–C–C–N with tert-alkyl or cyclic N) is 1. The molecule has 2 aromatic carbocycles. The van der Waals surface area contributed by atoms with Crippen LogP contribution in [0, 0.1) is 12.7 Å². The van der Waals surface area contributed by atoms with Crippen LogP contribution in [-0.4, -0.2) is 65.0 Å². The highest BCUT2D eigenvalue weighted by molar-refractivity contribution is 6.09. The van der Waals surface area contributed by atoms with Crippen LogP contribution < -0.4 is 5.32 Å². The van der Waals surface area contributed by atoms with E-state index < -0.39 is 17.3 Å². The maximum atomic E-state index is 14.0. The number of rotatable bonds is 5. The number of piperazine rings is 1. The van der Waals surface area contributed by atoms with Crippen molar-refractivity contribution < 1.29 is 19.1 Å². The van der Waals surface area contributed by atoms with E-state index in [1.54, 1.807) is 49.9 Å². The van der Waals surface area contributed by atoms with Crippen LogP contribution in [0.15, 0.2) is 42.5 Å². The summed E-state index contributed by atoms with van der Waals surface area (Å²) in [6, 6.07) is 11.0. The predicted octanol–water partition coefficient (Wildman–Crippen LogP) is 2.92. The summed E-state index contributed by atoms with van der Waals surface area (Å²) in [6.45, 7) is 8.27. The largest absolute Gasteiger partial charge is 0.389 e. The fourth-order valence-corrected chi connectivity index (χ4v) is 3.66. The van der Waals surface area contributed by atoms with Gasteiger partial charge in [0, 0.05) is 32.7 Å². The van der Waals surface area contributed by atoms with Gasteiger partial charge in [-0.1, -0.05) is 24.3 Å². The molecule has 7 heteroatoms. The highest BCUT2D eigenvalue weighted by Crippen LogP contribution is 2.24. The Bertz CT molecular complexity index is 932. The van der Waals surface area contributed by atoms with Gasteiger partial charge in [-0.05, 0) is 44.5 Å². The highest BCUT2D eigenvalue weighted by Gasteiger charge is 2.27. The Morgan fingerprint density at radius 1 is 1.03 bits per heavy atom. The summed E-state index contributed by atoms with van der Waals surface area (Å²) in [5.41, 5.74) is 0.656. The van der Waals surface area contributed by atoms with Crippen LogP contribution in [0.5, 0.6) is 0 Å². The molecule has 0 aliphatic carbocycles. The quantitative estimate of drug-likeness (QED) is 0.791. The molecule has 0 saturated carbocycles. The lowest BCUT2D eigenvalue weighted by Gasteiger charge is -2.37. The number of benzene rings is 2. The van der Waals surface area contributed by atoms with Crippen molar-refractivity contribution in [2.24, 2.45) is 0 Å². The minimum absolute atomic E-state index is 0.0700. The number of aliphatic hydroxyl groups is 1. The molecule has 1 aliphatic rings. The SMILES string of the molecule is Cc1cccc(C(=O)N2CCN(CC(C)(C)O)CC2)c1NC(=O)c1ccccc1F. The van der Waals surface area contributed by atoms with E-state index in [1.807, 2.05) is 0 Å². The van der Waals surface area contributed by atoms with Crippen LogP contribution in [0.25, 0.3) is 0 Å². The van der Waals surface area contributed by atoms with E-state index in [2.05, 4.69) is 10.2 Å². The van der Waals surface area contributed by atoms with Crippen LogP contribution in [0.3, 0.4) is 0 Å². The number of nitrogens with one attached hydrogen (secondary N) is 1. The number of hydrogen-bond donors (Lipinski definition) is 2. The lowest BCUT2D eigenvalue weighted by molar-refractivity contribution is 0.0179. The summed E-state index contributed by atoms with van der Waals surface area (Å²) >= 11 is 0. The van der Waals surface area contributed by atoms with Gasteiger partial charge in [-0.3, -0.25) is 14.5 Å². The first-order chi connectivity index (χ1) is 14.2. The van der Waals surface area contributed by atoms with Crippen molar-refractivity contribution in [3.63, 3.8) is 0 Å². The van der Waals surface area contributed by atoms with Gasteiger partial charge in [-0.15, -0.1) is 0 Å². The van der Waals surface area contributed by atoms with Crippen LogP contribution in [-0.2, 0) is 0 Å². The van der Waals surface area contributed by atoms with Gasteiger partial charge in [0.2, 0.25) is 0 Å². The van der Waals surface area contributed by atoms with Crippen LogP contribution >= 0.6 is 0 Å². The molecule has 1 saturated heterocycles. The molecule has 1 aliphatic heterocycles. The van der Waals surface area contributed by atoms with Gasteiger partial charge in [0.1, 0.15) is 5.82 Å². The zero-order chi connectivity index (χ0) is 21.9. The Morgan fingerprint density at radius 3 is 2.30 bits per heavy atom. The zero-order valence-electron chi connectivity index (χ0n) is 17.6. The molecule has 1 heterocycles. The zero-order valence-corrected chi connectivity index (χ0v) is 17.6. The van der Waals surface area contributed by atoms with E-state index in [1.165, 1.54) is 18.2 Å². The lowest BCUT2D eigenvalue weighted by Crippen LogP contribution is -2.52. The Hall–Kier alpha value is -2.77. The Kier molecular flexibility index (Phi) is 6.53. The van der Waals surface area contributed by atoms with Crippen LogP contribution in [0.4, 0.5) is 10.1 Å². The van der Waals surface area contributed by atoms with E-state index in [0.717, 1.165) is 5.56 Å². The third-order valence-corrected chi connectivity index (χ3v) is 5.13. The average molecular weight is 413 g/mol. The van der Waals surface area contributed by atoms with Gasteiger partial charge in [0.15, 0.2) is 0 Å². The Labute approximate surface area is 176 Å². The molecule has 0 radical (unpaired) electrons. The van der Waals surface area contributed by atoms with Gasteiger partial charge in [0.25, 0.3) is 11.8 Å². The number of carbonyl (C=O) groups is 2. The number of carbonyl (C=O) groups excluding carboxylic acids is 2. The molecule has 160 valence electrons. The summed E-state index contributed by atoms with van der Waals surface area (Å²) in [5.74, 6) is -1.38. The molecule has 6 nitrogen and oxygen atoms in total. The van der Waals surface area contributed by atoms with Crippen molar-refractivity contribution in [3.05, 3.63) is 65.0 Å². The van der Waals surface area contributed by atoms with Gasteiger partial charge in [-0.25, -0.2) is 4.39 Å². The van der Waals surface area contributed by atoms with Crippen molar-refractivity contribution in [2.45, 2.75) is 26.4 Å². The number of para-hydroxylation sites is 1. The third-order valence-electron chi connectivity index (χ3n) is 5.13. The first kappa shape index (κ1) is 21.9. The molecule has 2 N–H and O–H groups in total. The first-order valence-electron chi connectivity index (χ1n) is 10.1. The molecular weight excluding hydrogens is 385 g/mol. The van der Waals surface area contributed by atoms with E-state index >= 15 is 0 Å². The standard InChI is InChI=1S/C23H28FN3O3/c1-16-7-6-9-18(20(16)25-21(28)17-8-4-5-10-19(17)24)22(29)27-13-11-26(12-14-27)15-23(2,3)30/h4-10,30H,11-15H2,1-3H3,(H,25,28). The number of anilines is 1. The molecule has 0 unspecified atom stereocenters. The summed E-state index contributed by atoms with van der Waals surface area (Å²) in [6.07, 6.45) is 0. The van der Waals surface area contributed by atoms with E-state index in [-0.39, 0.29) is 11.5 Å². The number of nitrogens with zero attached hydrogens (tertiary/aromatic N) is 2. The maximum Gasteiger partial charge on any atom is 0.258 e. The first-order valence-corrected chi connectivity index (χ1v) is 10.1. The van der Waals surface area contributed by atoms with Gasteiger partial charge < -0.3 is 15.3 Å². The van der Waals surface area contributed by atoms with Gasteiger partial charge in [-0.2, -0.15) is 0 Å². The van der Waals surface area contributed by atoms with Gasteiger partial charge >= 0.3 is 0 Å². The predicted molar refractivity (Wildman–Crippen MR) is 114 cm³/mol. The molecule has 1 fully saturated rings. The van der Waals surface area contributed by atoms with Crippen molar-refractivity contribution in [3.8, 4) is 0 Å². The molecule has 0 spiro atoms. The van der Waals surface area contributed by atoms with E-state index in [4.69, 9.17) is 0 Å².